The van der Waals surface area contributed by atoms with E-state index in [-0.39, 0.29) is 0 Å². The lowest BCUT2D eigenvalue weighted by molar-refractivity contribution is 0.626. The summed E-state index contributed by atoms with van der Waals surface area (Å²) >= 11 is 0. The van der Waals surface area contributed by atoms with E-state index in [2.05, 4.69) is 39.6 Å². The Bertz CT molecular complexity index is 53.5. The monoisotopic (exact) mass is 113 g/mol. The van der Waals surface area contributed by atoms with Crippen molar-refractivity contribution >= 4 is 6.85 Å². The zero-order valence-corrected chi connectivity index (χ0v) is 6.60. The highest BCUT2D eigenvalue weighted by Gasteiger charge is 2.12. The van der Waals surface area contributed by atoms with Crippen molar-refractivity contribution in [2.24, 2.45) is 0 Å². The van der Waals surface area contributed by atoms with E-state index in [9.17, 15) is 0 Å². The molecular formula is C6H16BN. The van der Waals surface area contributed by atoms with Gasteiger partial charge in [-0.3, -0.25) is 0 Å². The zero-order valence-electron chi connectivity index (χ0n) is 6.60. The van der Waals surface area contributed by atoms with Crippen LogP contribution in [0.25, 0.3) is 0 Å². The molecule has 0 aliphatic carbocycles. The maximum atomic E-state index is 2.24. The van der Waals surface area contributed by atoms with E-state index in [1.807, 2.05) is 0 Å². The Morgan fingerprint density at radius 2 is 1.62 bits per heavy atom. The van der Waals surface area contributed by atoms with Crippen LogP contribution < -0.4 is 0 Å². The van der Waals surface area contributed by atoms with Gasteiger partial charge >= 0.3 is 0 Å². The van der Waals surface area contributed by atoms with Gasteiger partial charge < -0.3 is 4.81 Å². The van der Waals surface area contributed by atoms with Gasteiger partial charge in [0.2, 0.25) is 6.85 Å². The van der Waals surface area contributed by atoms with Crippen LogP contribution in [0.1, 0.15) is 13.8 Å². The normalized spacial score (nSPS) is 10.9. The summed E-state index contributed by atoms with van der Waals surface area (Å²) in [4.78, 5) is 2.24. The van der Waals surface area contributed by atoms with Crippen molar-refractivity contribution in [3.8, 4) is 0 Å². The molecule has 0 N–H and O–H groups in total. The summed E-state index contributed by atoms with van der Waals surface area (Å²) in [7, 11) is 4.23. The molecule has 2 heteroatoms. The predicted molar refractivity (Wildman–Crippen MR) is 40.4 cm³/mol. The van der Waals surface area contributed by atoms with Crippen molar-refractivity contribution < 1.29 is 0 Å². The van der Waals surface area contributed by atoms with Crippen LogP contribution in [0.2, 0.25) is 12.6 Å². The molecule has 0 aliphatic heterocycles. The Balaban J connectivity index is 3.46. The average Bonchev–Trinajstić information content (AvgIpc) is 1.64. The molecule has 0 radical (unpaired) electrons. The second kappa shape index (κ2) is 3.13. The average molecular weight is 113 g/mol. The molecule has 0 saturated heterocycles. The lowest BCUT2D eigenvalue weighted by Crippen LogP contribution is -2.31. The predicted octanol–water partition coefficient (Wildman–Crippen LogP) is 1.58. The van der Waals surface area contributed by atoms with Gasteiger partial charge in [-0.15, -0.1) is 0 Å². The molecule has 0 heterocycles. The Morgan fingerprint density at radius 1 is 1.25 bits per heavy atom. The molecule has 0 rings (SSSR count). The Labute approximate surface area is 53.2 Å². The summed E-state index contributed by atoms with van der Waals surface area (Å²) in [5.41, 5.74) is 0. The van der Waals surface area contributed by atoms with Crippen LogP contribution in [-0.2, 0) is 0 Å². The van der Waals surface area contributed by atoms with E-state index >= 15 is 0 Å². The quantitative estimate of drug-likeness (QED) is 0.491. The number of hydrogen-bond acceptors (Lipinski definition) is 1. The second-order valence-corrected chi connectivity index (χ2v) is 2.95. The number of hydrogen-bond donors (Lipinski definition) is 0. The summed E-state index contributed by atoms with van der Waals surface area (Å²) in [5, 5.41) is 0. The van der Waals surface area contributed by atoms with Crippen LogP contribution >= 0.6 is 0 Å². The molecule has 0 aliphatic rings. The fourth-order valence-corrected chi connectivity index (χ4v) is 0.596. The van der Waals surface area contributed by atoms with Gasteiger partial charge in [0.05, 0.1) is 0 Å². The highest BCUT2D eigenvalue weighted by atomic mass is 15.0. The molecule has 0 saturated carbocycles. The third-order valence-electron chi connectivity index (χ3n) is 1.78. The van der Waals surface area contributed by atoms with Crippen molar-refractivity contribution in [2.45, 2.75) is 26.5 Å². The number of rotatable bonds is 2. The van der Waals surface area contributed by atoms with E-state index in [0.717, 1.165) is 5.82 Å². The SMILES string of the molecule is CB(C(C)C)N(C)C. The molecule has 0 amide bonds. The van der Waals surface area contributed by atoms with E-state index < -0.39 is 0 Å². The van der Waals surface area contributed by atoms with Crippen molar-refractivity contribution in [3.63, 3.8) is 0 Å². The first-order chi connectivity index (χ1) is 3.55. The summed E-state index contributed by atoms with van der Waals surface area (Å²) in [6, 6.07) is 0. The molecule has 0 aromatic rings. The van der Waals surface area contributed by atoms with Crippen LogP contribution in [0.5, 0.6) is 0 Å². The van der Waals surface area contributed by atoms with Gasteiger partial charge in [-0.05, 0) is 14.1 Å². The fourth-order valence-electron chi connectivity index (χ4n) is 0.596. The van der Waals surface area contributed by atoms with Crippen LogP contribution in [0, 0.1) is 0 Å². The van der Waals surface area contributed by atoms with Gasteiger partial charge in [0.1, 0.15) is 0 Å². The molecular weight excluding hydrogens is 96.9 g/mol. The third-order valence-corrected chi connectivity index (χ3v) is 1.78. The maximum absolute atomic E-state index is 2.24. The van der Waals surface area contributed by atoms with Crippen LogP contribution in [0.15, 0.2) is 0 Å². The summed E-state index contributed by atoms with van der Waals surface area (Å²) in [6.07, 6.45) is 0. The van der Waals surface area contributed by atoms with E-state index in [1.165, 1.54) is 0 Å². The van der Waals surface area contributed by atoms with Gasteiger partial charge in [0.25, 0.3) is 0 Å². The van der Waals surface area contributed by atoms with Gasteiger partial charge in [-0.25, -0.2) is 0 Å². The molecule has 48 valence electrons. The molecule has 0 atom stereocenters. The van der Waals surface area contributed by atoms with Crippen molar-refractivity contribution in [3.05, 3.63) is 0 Å². The van der Waals surface area contributed by atoms with Gasteiger partial charge in [0, 0.05) is 0 Å². The van der Waals surface area contributed by atoms with E-state index in [1.54, 1.807) is 0 Å². The summed E-state index contributed by atoms with van der Waals surface area (Å²) in [6.45, 7) is 7.43. The Kier molecular flexibility index (Phi) is 3.14. The van der Waals surface area contributed by atoms with Crippen LogP contribution in [-0.4, -0.2) is 25.8 Å². The molecule has 0 bridgehead atoms. The van der Waals surface area contributed by atoms with Crippen molar-refractivity contribution in [1.29, 1.82) is 0 Å². The first-order valence-electron chi connectivity index (χ1n) is 3.22. The zero-order chi connectivity index (χ0) is 6.73. The van der Waals surface area contributed by atoms with Crippen molar-refractivity contribution in [1.82, 2.24) is 4.81 Å². The minimum absolute atomic E-state index is 0.704. The van der Waals surface area contributed by atoms with Gasteiger partial charge in [0.15, 0.2) is 0 Å². The van der Waals surface area contributed by atoms with Crippen molar-refractivity contribution in [2.75, 3.05) is 14.1 Å². The third kappa shape index (κ3) is 2.36. The van der Waals surface area contributed by atoms with E-state index in [4.69, 9.17) is 0 Å². The topological polar surface area (TPSA) is 3.24 Å². The smallest absolute Gasteiger partial charge is 0.222 e. The summed E-state index contributed by atoms with van der Waals surface area (Å²) < 4.78 is 0. The molecule has 0 unspecified atom stereocenters. The molecule has 8 heavy (non-hydrogen) atoms. The second-order valence-electron chi connectivity index (χ2n) is 2.95. The first-order valence-corrected chi connectivity index (χ1v) is 3.22. The van der Waals surface area contributed by atoms with Gasteiger partial charge in [-0.2, -0.15) is 0 Å². The standard InChI is InChI=1S/C6H16BN/c1-6(2)7(3)8(4)5/h6H,1-5H3. The molecule has 0 fully saturated rings. The Morgan fingerprint density at radius 3 is 1.62 bits per heavy atom. The number of nitrogens with zero attached hydrogens (tertiary/aromatic N) is 1. The van der Waals surface area contributed by atoms with Crippen LogP contribution in [0.3, 0.4) is 0 Å². The molecule has 1 nitrogen and oxygen atoms in total. The Hall–Kier alpha value is 0.0249. The fraction of sp³-hybridized carbons (Fsp3) is 1.00. The largest absolute Gasteiger partial charge is 0.347 e. The van der Waals surface area contributed by atoms with Crippen LogP contribution in [0.4, 0.5) is 0 Å². The maximum Gasteiger partial charge on any atom is 0.222 e. The minimum Gasteiger partial charge on any atom is -0.347 e. The lowest BCUT2D eigenvalue weighted by atomic mass is 9.54. The lowest BCUT2D eigenvalue weighted by Gasteiger charge is -2.19. The summed E-state index contributed by atoms with van der Waals surface area (Å²) in [5.74, 6) is 0.769. The molecule has 0 spiro atoms. The highest BCUT2D eigenvalue weighted by molar-refractivity contribution is 6.55. The van der Waals surface area contributed by atoms with E-state index in [0.29, 0.717) is 6.85 Å². The first kappa shape index (κ1) is 8.02. The molecule has 0 aromatic heterocycles. The molecule has 0 aromatic carbocycles. The minimum atomic E-state index is 0.704. The van der Waals surface area contributed by atoms with Gasteiger partial charge in [-0.1, -0.05) is 26.5 Å². The highest BCUT2D eigenvalue weighted by Crippen LogP contribution is 2.07.